The number of likely N-dealkylation sites (N-methyl/N-ethyl adjacent to an activating group) is 1. The molecule has 66 heavy (non-hydrogen) atoms. The maximum absolute atomic E-state index is 15.7. The third kappa shape index (κ3) is 5.44. The Morgan fingerprint density at radius 3 is 2.47 bits per heavy atom. The number of carbonyl (C=O) groups is 3. The standard InChI is InChI=1S/C52H63N5O9/c1-8-47(61)27-32-28-49(45(59)63-6,42-35(18-22-56(29-32)30-47)36-24-34(16-17-39(36)54-42)53-33-14-11-10-12-15-33)38-25-37-40(26-41(38)62-5)55(4)52-50(37)20-23-57-21-13-19-48(9-2,43(50)57)44(65-31(3)58)51(52,66-52)46(60)64-7/h10-17,19,24-26,32,38,41,43-44,53-54,61H,8-9,18,20-23,27-30H2,1-7H3/t32-,38?,41?,43+,44-,47+,48-,49+,50-,51+,52+/m1/s1. The van der Waals surface area contributed by atoms with Crippen LogP contribution in [0.4, 0.5) is 11.4 Å². The summed E-state index contributed by atoms with van der Waals surface area (Å²) in [5.74, 6) is -2.16. The highest BCUT2D eigenvalue weighted by Crippen LogP contribution is 2.82. The van der Waals surface area contributed by atoms with Gasteiger partial charge in [0.25, 0.3) is 5.60 Å². The van der Waals surface area contributed by atoms with E-state index in [2.05, 4.69) is 74.4 Å². The van der Waals surface area contributed by atoms with E-state index in [-0.39, 0.29) is 17.9 Å². The zero-order valence-corrected chi connectivity index (χ0v) is 39.1. The Balaban J connectivity index is 1.16. The highest BCUT2D eigenvalue weighted by atomic mass is 16.7. The third-order valence-corrected chi connectivity index (χ3v) is 17.6. The average molecular weight is 902 g/mol. The van der Waals surface area contributed by atoms with Crippen LogP contribution >= 0.6 is 0 Å². The number of H-pyrrole nitrogens is 1. The Kier molecular flexibility index (Phi) is 9.91. The van der Waals surface area contributed by atoms with E-state index in [1.807, 2.05) is 44.3 Å². The van der Waals surface area contributed by atoms with Gasteiger partial charge in [-0.25, -0.2) is 4.79 Å². The molecule has 2 bridgehead atoms. The summed E-state index contributed by atoms with van der Waals surface area (Å²) in [4.78, 5) is 54.4. The molecule has 3 unspecified atom stereocenters. The molecular weight excluding hydrogens is 839 g/mol. The number of nitrogens with zero attached hydrogens (tertiary/aromatic N) is 3. The van der Waals surface area contributed by atoms with E-state index in [9.17, 15) is 14.7 Å². The number of likely N-dealkylation sites (tertiary alicyclic amines) is 1. The van der Waals surface area contributed by atoms with E-state index in [1.54, 1.807) is 7.11 Å². The van der Waals surface area contributed by atoms with Crippen LogP contribution in [0.3, 0.4) is 0 Å². The Bertz CT molecular complexity index is 2610. The highest BCUT2D eigenvalue weighted by molar-refractivity contribution is 5.94. The van der Waals surface area contributed by atoms with Gasteiger partial charge in [-0.05, 0) is 98.5 Å². The van der Waals surface area contributed by atoms with Crippen molar-refractivity contribution in [2.24, 2.45) is 22.7 Å². The lowest BCUT2D eigenvalue weighted by Crippen LogP contribution is -2.73. The van der Waals surface area contributed by atoms with E-state index >= 15 is 4.79 Å². The summed E-state index contributed by atoms with van der Waals surface area (Å²) < 4.78 is 31.9. The second-order valence-electron chi connectivity index (χ2n) is 20.4. The van der Waals surface area contributed by atoms with E-state index < -0.39 is 63.2 Å². The van der Waals surface area contributed by atoms with Crippen molar-refractivity contribution in [2.45, 2.75) is 99.9 Å². The van der Waals surface area contributed by atoms with Crippen molar-refractivity contribution >= 4 is 40.2 Å². The topological polar surface area (TPSA) is 158 Å². The average Bonchev–Trinajstić information content (AvgIpc) is 3.57. The number of hydrogen-bond acceptors (Lipinski definition) is 13. The smallest absolute Gasteiger partial charge is 0.347 e. The number of piperidine rings is 1. The van der Waals surface area contributed by atoms with E-state index in [0.29, 0.717) is 64.7 Å². The molecule has 4 saturated heterocycles. The van der Waals surface area contributed by atoms with Gasteiger partial charge in [0.2, 0.25) is 0 Å². The number of aliphatic hydroxyl groups is 1. The van der Waals surface area contributed by atoms with Crippen LogP contribution in [0.5, 0.6) is 0 Å². The maximum atomic E-state index is 15.7. The van der Waals surface area contributed by atoms with Crippen molar-refractivity contribution < 1.29 is 43.2 Å². The van der Waals surface area contributed by atoms with Crippen molar-refractivity contribution in [1.29, 1.82) is 0 Å². The van der Waals surface area contributed by atoms with Gasteiger partial charge >= 0.3 is 17.9 Å². The molecule has 11 rings (SSSR count). The number of benzene rings is 2. The quantitative estimate of drug-likeness (QED) is 0.103. The van der Waals surface area contributed by atoms with Crippen molar-refractivity contribution in [1.82, 2.24) is 19.7 Å². The molecule has 1 saturated carbocycles. The predicted molar refractivity (Wildman–Crippen MR) is 246 cm³/mol. The molecule has 5 fully saturated rings. The summed E-state index contributed by atoms with van der Waals surface area (Å²) in [7, 11) is 6.50. The summed E-state index contributed by atoms with van der Waals surface area (Å²) in [6.45, 7) is 8.90. The minimum absolute atomic E-state index is 0.0800. The molecule has 0 radical (unpaired) electrons. The summed E-state index contributed by atoms with van der Waals surface area (Å²) in [6.07, 6.45) is 10.4. The maximum Gasteiger partial charge on any atom is 0.347 e. The molecule has 0 amide bonds. The number of aromatic amines is 1. The van der Waals surface area contributed by atoms with E-state index in [1.165, 1.54) is 21.1 Å². The molecule has 350 valence electrons. The first-order valence-corrected chi connectivity index (χ1v) is 23.9. The molecule has 8 aliphatic rings. The first kappa shape index (κ1) is 43.6. The van der Waals surface area contributed by atoms with E-state index in [0.717, 1.165) is 51.3 Å². The monoisotopic (exact) mass is 901 g/mol. The lowest BCUT2D eigenvalue weighted by atomic mass is 9.48. The van der Waals surface area contributed by atoms with Gasteiger partial charge in [0.15, 0.2) is 11.8 Å². The van der Waals surface area contributed by atoms with Gasteiger partial charge in [0.05, 0.1) is 31.3 Å². The Morgan fingerprint density at radius 1 is 0.970 bits per heavy atom. The lowest BCUT2D eigenvalue weighted by Gasteiger charge is -2.58. The number of rotatable bonds is 9. The molecule has 14 heteroatoms. The number of epoxide rings is 1. The zero-order valence-electron chi connectivity index (χ0n) is 39.1. The number of hydrogen-bond donors (Lipinski definition) is 3. The second kappa shape index (κ2) is 15.0. The minimum Gasteiger partial charge on any atom is -0.468 e. The zero-order chi connectivity index (χ0) is 46.2. The van der Waals surface area contributed by atoms with Gasteiger partial charge in [0.1, 0.15) is 5.41 Å². The number of aromatic nitrogens is 1. The molecule has 12 atom stereocenters. The van der Waals surface area contributed by atoms with Crippen LogP contribution in [0, 0.1) is 22.7 Å². The fourth-order valence-corrected chi connectivity index (χ4v) is 15.1. The normalized spacial score (nSPS) is 39.4. The molecule has 1 aromatic heterocycles. The second-order valence-corrected chi connectivity index (χ2v) is 20.4. The number of carbonyl (C=O) groups excluding carboxylic acids is 3. The van der Waals surface area contributed by atoms with Crippen LogP contribution in [0.15, 0.2) is 84.1 Å². The van der Waals surface area contributed by atoms with Gasteiger partial charge in [0, 0.05) is 98.3 Å². The summed E-state index contributed by atoms with van der Waals surface area (Å²) in [5.41, 5.74) is -0.389. The molecule has 2 spiro atoms. The fraction of sp³-hybridized carbons (Fsp3) is 0.558. The third-order valence-electron chi connectivity index (χ3n) is 17.6. The molecule has 3 N–H and O–H groups in total. The molecular formula is C52H63N5O9. The fourth-order valence-electron chi connectivity index (χ4n) is 15.1. The van der Waals surface area contributed by atoms with Crippen LogP contribution in [0.1, 0.15) is 64.1 Å². The van der Waals surface area contributed by atoms with Crippen LogP contribution in [-0.4, -0.2) is 139 Å². The summed E-state index contributed by atoms with van der Waals surface area (Å²) >= 11 is 0. The Hall–Kier alpha value is -4.99. The molecule has 2 aliphatic carbocycles. The van der Waals surface area contributed by atoms with Crippen molar-refractivity contribution in [3.8, 4) is 0 Å². The van der Waals surface area contributed by atoms with Crippen molar-refractivity contribution in [2.75, 3.05) is 66.4 Å². The van der Waals surface area contributed by atoms with Crippen LogP contribution < -0.4 is 5.32 Å². The van der Waals surface area contributed by atoms with Crippen LogP contribution in [0.25, 0.3) is 10.9 Å². The molecule has 14 nitrogen and oxygen atoms in total. The number of anilines is 2. The number of nitrogens with one attached hydrogen (secondary N) is 2. The molecule has 7 heterocycles. The van der Waals surface area contributed by atoms with Gasteiger partial charge in [-0.3, -0.25) is 19.4 Å². The summed E-state index contributed by atoms with van der Waals surface area (Å²) in [6, 6.07) is 16.2. The highest BCUT2D eigenvalue weighted by Gasteiger charge is 2.99. The Labute approximate surface area is 386 Å². The number of fused-ring (bicyclic) bond motifs is 6. The van der Waals surface area contributed by atoms with Crippen LogP contribution in [-0.2, 0) is 49.9 Å². The number of esters is 3. The first-order chi connectivity index (χ1) is 31.8. The molecule has 2 aromatic carbocycles. The number of methoxy groups -OCH3 is 3. The molecule has 3 aromatic rings. The van der Waals surface area contributed by atoms with Crippen molar-refractivity contribution in [3.05, 3.63) is 95.4 Å². The molecule has 6 aliphatic heterocycles. The van der Waals surface area contributed by atoms with Gasteiger partial charge in [-0.2, -0.15) is 0 Å². The van der Waals surface area contributed by atoms with Gasteiger partial charge in [-0.15, -0.1) is 0 Å². The van der Waals surface area contributed by atoms with Crippen LogP contribution in [0.2, 0.25) is 0 Å². The Morgan fingerprint density at radius 2 is 1.76 bits per heavy atom. The largest absolute Gasteiger partial charge is 0.468 e. The van der Waals surface area contributed by atoms with Gasteiger partial charge in [-0.1, -0.05) is 50.3 Å². The number of allylic oxidation sites excluding steroid dienone is 1. The summed E-state index contributed by atoms with van der Waals surface area (Å²) in [5, 5.41) is 16.8. The van der Waals surface area contributed by atoms with Gasteiger partial charge < -0.3 is 44.0 Å². The lowest BCUT2D eigenvalue weighted by molar-refractivity contribution is -0.182. The number of para-hydroxylation sites is 1. The van der Waals surface area contributed by atoms with E-state index in [4.69, 9.17) is 23.7 Å². The SMILES string of the molecule is CC[C@]1(O)C[C@H]2CN(CCc3c([nH]c4ccc(Nc5ccccc5)cc34)[C@@](C(=O)OC)(C3C=C4C(=CC3OC)N(C)[C@@]35O[C@]3(C(=O)OC)[C@H](OC(C)=O)[C@]3(CC)C=CCN6CC[C@]45[C@@H]63)C2)C1. The first-order valence-electron chi connectivity index (χ1n) is 23.9. The number of ether oxygens (including phenoxy) is 5. The minimum atomic E-state index is -1.66. The predicted octanol–water partition coefficient (Wildman–Crippen LogP) is 5.74. The van der Waals surface area contributed by atoms with Crippen molar-refractivity contribution in [3.63, 3.8) is 0 Å².